The zero-order valence-corrected chi connectivity index (χ0v) is 14.4. The topological polar surface area (TPSA) is 51.2 Å². The number of para-hydroxylation sites is 1. The van der Waals surface area contributed by atoms with Crippen LogP contribution in [0.1, 0.15) is 6.92 Å². The Kier molecular flexibility index (Phi) is 4.83. The Labute approximate surface area is 142 Å². The van der Waals surface area contributed by atoms with Crippen LogP contribution in [0.25, 0.3) is 10.2 Å². The van der Waals surface area contributed by atoms with Crippen LogP contribution < -0.4 is 10.1 Å². The van der Waals surface area contributed by atoms with Crippen LogP contribution >= 0.6 is 23.1 Å². The Morgan fingerprint density at radius 1 is 1.26 bits per heavy atom. The molecule has 0 saturated heterocycles. The van der Waals surface area contributed by atoms with E-state index in [1.54, 1.807) is 24.5 Å². The average molecular weight is 344 g/mol. The van der Waals surface area contributed by atoms with Gasteiger partial charge in [0.15, 0.2) is 4.34 Å². The maximum Gasteiger partial charge on any atom is 0.237 e. The van der Waals surface area contributed by atoms with Crippen molar-refractivity contribution in [1.82, 2.24) is 4.98 Å². The van der Waals surface area contributed by atoms with Crippen molar-refractivity contribution >= 4 is 44.9 Å². The Balaban J connectivity index is 1.67. The lowest BCUT2D eigenvalue weighted by Gasteiger charge is -2.11. The number of thiazole rings is 1. The van der Waals surface area contributed by atoms with Crippen molar-refractivity contribution in [3.63, 3.8) is 0 Å². The first-order chi connectivity index (χ1) is 11.2. The molecular weight excluding hydrogens is 328 g/mol. The Hall–Kier alpha value is -2.05. The van der Waals surface area contributed by atoms with E-state index in [9.17, 15) is 4.79 Å². The fourth-order valence-electron chi connectivity index (χ4n) is 2.05. The van der Waals surface area contributed by atoms with Gasteiger partial charge in [0.1, 0.15) is 5.75 Å². The van der Waals surface area contributed by atoms with Crippen molar-refractivity contribution in [2.75, 3.05) is 12.4 Å². The number of methoxy groups -OCH3 is 1. The molecule has 3 rings (SSSR count). The molecular formula is C17H16N2O2S2. The van der Waals surface area contributed by atoms with Gasteiger partial charge in [-0.2, -0.15) is 0 Å². The average Bonchev–Trinajstić information content (AvgIpc) is 2.97. The zero-order valence-electron chi connectivity index (χ0n) is 12.8. The molecule has 0 aliphatic carbocycles. The Morgan fingerprint density at radius 2 is 2.09 bits per heavy atom. The monoisotopic (exact) mass is 344 g/mol. The highest BCUT2D eigenvalue weighted by molar-refractivity contribution is 8.02. The molecule has 0 bridgehead atoms. The molecule has 0 fully saturated rings. The summed E-state index contributed by atoms with van der Waals surface area (Å²) in [7, 11) is 1.60. The third-order valence-corrected chi connectivity index (χ3v) is 5.49. The Morgan fingerprint density at radius 3 is 2.87 bits per heavy atom. The van der Waals surface area contributed by atoms with Gasteiger partial charge in [-0.3, -0.25) is 4.79 Å². The number of thioether (sulfide) groups is 1. The molecule has 0 spiro atoms. The van der Waals surface area contributed by atoms with Crippen LogP contribution in [0.4, 0.5) is 5.69 Å². The van der Waals surface area contributed by atoms with Gasteiger partial charge in [-0.25, -0.2) is 4.98 Å². The number of carbonyl (C=O) groups excluding carboxylic acids is 1. The smallest absolute Gasteiger partial charge is 0.237 e. The summed E-state index contributed by atoms with van der Waals surface area (Å²) in [5, 5.41) is 2.67. The van der Waals surface area contributed by atoms with Gasteiger partial charge in [-0.05, 0) is 31.2 Å². The number of fused-ring (bicyclic) bond motifs is 1. The van der Waals surface area contributed by atoms with Crippen LogP contribution in [0.5, 0.6) is 5.75 Å². The fourth-order valence-corrected chi connectivity index (χ4v) is 4.26. The van der Waals surface area contributed by atoms with Gasteiger partial charge in [-0.1, -0.05) is 30.0 Å². The van der Waals surface area contributed by atoms with E-state index < -0.39 is 0 Å². The van der Waals surface area contributed by atoms with E-state index in [1.807, 2.05) is 49.4 Å². The van der Waals surface area contributed by atoms with E-state index in [0.717, 1.165) is 20.2 Å². The first-order valence-electron chi connectivity index (χ1n) is 7.13. The number of carbonyl (C=O) groups is 1. The lowest BCUT2D eigenvalue weighted by molar-refractivity contribution is -0.115. The molecule has 2 aromatic carbocycles. The lowest BCUT2D eigenvalue weighted by atomic mass is 10.3. The van der Waals surface area contributed by atoms with Gasteiger partial charge >= 0.3 is 0 Å². The molecule has 23 heavy (non-hydrogen) atoms. The number of anilines is 1. The fraction of sp³-hybridized carbons (Fsp3) is 0.176. The van der Waals surface area contributed by atoms with Crippen molar-refractivity contribution in [3.8, 4) is 5.75 Å². The van der Waals surface area contributed by atoms with E-state index in [2.05, 4.69) is 10.3 Å². The molecule has 0 radical (unpaired) electrons. The lowest BCUT2D eigenvalue weighted by Crippen LogP contribution is -2.22. The summed E-state index contributed by atoms with van der Waals surface area (Å²) in [6.45, 7) is 1.88. The predicted molar refractivity (Wildman–Crippen MR) is 96.6 cm³/mol. The first kappa shape index (κ1) is 15.8. The van der Waals surface area contributed by atoms with Gasteiger partial charge in [0.25, 0.3) is 0 Å². The molecule has 0 saturated carbocycles. The van der Waals surface area contributed by atoms with Crippen LogP contribution in [-0.4, -0.2) is 23.3 Å². The summed E-state index contributed by atoms with van der Waals surface area (Å²) in [5.74, 6) is 0.664. The molecule has 1 aromatic heterocycles. The Bertz CT molecular complexity index is 799. The summed E-state index contributed by atoms with van der Waals surface area (Å²) in [4.78, 5) is 16.9. The maximum atomic E-state index is 12.3. The highest BCUT2D eigenvalue weighted by Gasteiger charge is 2.17. The van der Waals surface area contributed by atoms with Crippen LogP contribution in [-0.2, 0) is 4.79 Å². The van der Waals surface area contributed by atoms with Gasteiger partial charge in [-0.15, -0.1) is 11.3 Å². The van der Waals surface area contributed by atoms with Crippen LogP contribution in [0.3, 0.4) is 0 Å². The number of aromatic nitrogens is 1. The normalized spacial score (nSPS) is 12.1. The molecule has 4 nitrogen and oxygen atoms in total. The molecule has 0 unspecified atom stereocenters. The van der Waals surface area contributed by atoms with Gasteiger partial charge in [0, 0.05) is 11.8 Å². The maximum absolute atomic E-state index is 12.3. The van der Waals surface area contributed by atoms with Crippen LogP contribution in [0.15, 0.2) is 52.9 Å². The molecule has 1 heterocycles. The summed E-state index contributed by atoms with van der Waals surface area (Å²) in [6, 6.07) is 15.3. The second-order valence-electron chi connectivity index (χ2n) is 4.93. The summed E-state index contributed by atoms with van der Waals surface area (Å²) in [6.07, 6.45) is 0. The first-order valence-corrected chi connectivity index (χ1v) is 8.82. The minimum Gasteiger partial charge on any atom is -0.497 e. The quantitative estimate of drug-likeness (QED) is 0.696. The molecule has 6 heteroatoms. The van der Waals surface area contributed by atoms with Crippen LogP contribution in [0.2, 0.25) is 0 Å². The number of benzene rings is 2. The van der Waals surface area contributed by atoms with Crippen molar-refractivity contribution in [1.29, 1.82) is 0 Å². The number of amides is 1. The molecule has 0 aliphatic rings. The van der Waals surface area contributed by atoms with Gasteiger partial charge < -0.3 is 10.1 Å². The van der Waals surface area contributed by atoms with E-state index in [4.69, 9.17) is 4.74 Å². The molecule has 3 aromatic rings. The number of ether oxygens (including phenoxy) is 1. The third-order valence-electron chi connectivity index (χ3n) is 3.26. The molecule has 1 amide bonds. The number of hydrogen-bond acceptors (Lipinski definition) is 5. The van der Waals surface area contributed by atoms with Crippen LogP contribution in [0, 0.1) is 0 Å². The van der Waals surface area contributed by atoms with Gasteiger partial charge in [0.2, 0.25) is 5.91 Å². The highest BCUT2D eigenvalue weighted by Crippen LogP contribution is 2.32. The number of nitrogens with one attached hydrogen (secondary N) is 1. The molecule has 1 N–H and O–H groups in total. The molecule has 1 atom stereocenters. The minimum atomic E-state index is -0.234. The second kappa shape index (κ2) is 7.02. The van der Waals surface area contributed by atoms with Crippen molar-refractivity contribution < 1.29 is 9.53 Å². The third kappa shape index (κ3) is 3.83. The predicted octanol–water partition coefficient (Wildman–Crippen LogP) is 4.42. The number of nitrogens with zero attached hydrogens (tertiary/aromatic N) is 1. The van der Waals surface area contributed by atoms with Crippen molar-refractivity contribution in [2.45, 2.75) is 16.5 Å². The highest BCUT2D eigenvalue weighted by atomic mass is 32.2. The minimum absolute atomic E-state index is 0.0532. The van der Waals surface area contributed by atoms with E-state index in [-0.39, 0.29) is 11.2 Å². The van der Waals surface area contributed by atoms with E-state index in [0.29, 0.717) is 5.75 Å². The van der Waals surface area contributed by atoms with E-state index in [1.165, 1.54) is 11.8 Å². The zero-order chi connectivity index (χ0) is 16.2. The van der Waals surface area contributed by atoms with Crippen molar-refractivity contribution in [2.24, 2.45) is 0 Å². The van der Waals surface area contributed by atoms with Gasteiger partial charge in [0.05, 0.1) is 22.6 Å². The molecule has 118 valence electrons. The number of hydrogen-bond donors (Lipinski definition) is 1. The van der Waals surface area contributed by atoms with Crippen molar-refractivity contribution in [3.05, 3.63) is 48.5 Å². The summed E-state index contributed by atoms with van der Waals surface area (Å²) >= 11 is 3.08. The molecule has 0 aliphatic heterocycles. The number of rotatable bonds is 5. The SMILES string of the molecule is COc1cccc(NC(=O)[C@H](C)Sc2nc3ccccc3s2)c1. The van der Waals surface area contributed by atoms with E-state index >= 15 is 0 Å². The summed E-state index contributed by atoms with van der Waals surface area (Å²) in [5.41, 5.74) is 1.70. The largest absolute Gasteiger partial charge is 0.497 e. The summed E-state index contributed by atoms with van der Waals surface area (Å²) < 4.78 is 7.20. The second-order valence-corrected chi connectivity index (χ2v) is 7.55. The standard InChI is InChI=1S/C17H16N2O2S2/c1-11(16(20)18-12-6-5-7-13(10-12)21-2)22-17-19-14-8-3-4-9-15(14)23-17/h3-11H,1-2H3,(H,18,20)/t11-/m0/s1.